The maximum absolute atomic E-state index is 9.08. The first-order valence-corrected chi connectivity index (χ1v) is 3.25. The third-order valence-corrected chi connectivity index (χ3v) is 1.59. The second-order valence-corrected chi connectivity index (χ2v) is 2.30. The molecule has 0 bridgehead atoms. The Labute approximate surface area is 54.3 Å². The summed E-state index contributed by atoms with van der Waals surface area (Å²) in [6.07, 6.45) is 0.866. The molecule has 1 rings (SSSR count). The molecule has 1 heterocycles. The summed E-state index contributed by atoms with van der Waals surface area (Å²) in [6, 6.07) is 0. The van der Waals surface area contributed by atoms with Crippen LogP contribution in [0.1, 0.15) is 12.8 Å². The van der Waals surface area contributed by atoms with Gasteiger partial charge in [0.2, 0.25) is 0 Å². The number of aliphatic hydroxyl groups excluding tert-OH is 2. The maximum atomic E-state index is 9.08. The maximum Gasteiger partial charge on any atom is 0.106 e. The molecule has 1 aliphatic rings. The molecule has 0 spiro atoms. The van der Waals surface area contributed by atoms with E-state index in [1.807, 2.05) is 0 Å². The van der Waals surface area contributed by atoms with Gasteiger partial charge < -0.3 is 14.9 Å². The first-order chi connectivity index (χ1) is 4.34. The van der Waals surface area contributed by atoms with E-state index in [2.05, 4.69) is 0 Å². The Morgan fingerprint density at radius 2 is 2.33 bits per heavy atom. The molecule has 2 atom stereocenters. The van der Waals surface area contributed by atoms with E-state index in [9.17, 15) is 0 Å². The number of ether oxygens (including phenoxy) is 1. The molecule has 1 saturated heterocycles. The molecule has 0 aliphatic carbocycles. The summed E-state index contributed by atoms with van der Waals surface area (Å²) in [4.78, 5) is 0. The van der Waals surface area contributed by atoms with Crippen LogP contribution in [0, 0.1) is 0 Å². The van der Waals surface area contributed by atoms with Crippen LogP contribution < -0.4 is 0 Å². The van der Waals surface area contributed by atoms with Crippen molar-refractivity contribution in [1.29, 1.82) is 0 Å². The smallest absolute Gasteiger partial charge is 0.106 e. The van der Waals surface area contributed by atoms with Gasteiger partial charge in [-0.1, -0.05) is 0 Å². The molecular formula is C6H12O3. The van der Waals surface area contributed by atoms with Crippen LogP contribution in [0.15, 0.2) is 0 Å². The van der Waals surface area contributed by atoms with Crippen molar-refractivity contribution in [2.45, 2.75) is 25.0 Å². The van der Waals surface area contributed by atoms with Gasteiger partial charge in [-0.2, -0.15) is 0 Å². The molecule has 1 fully saturated rings. The minimum Gasteiger partial charge on any atom is -0.394 e. The molecule has 54 valence electrons. The zero-order valence-corrected chi connectivity index (χ0v) is 5.29. The van der Waals surface area contributed by atoms with Gasteiger partial charge in [-0.3, -0.25) is 0 Å². The van der Waals surface area contributed by atoms with Crippen molar-refractivity contribution >= 4 is 0 Å². The molecule has 0 aromatic rings. The largest absolute Gasteiger partial charge is 0.394 e. The molecule has 9 heavy (non-hydrogen) atoms. The highest BCUT2D eigenvalue weighted by molar-refractivity contribution is 4.71. The first kappa shape index (κ1) is 6.99. The van der Waals surface area contributed by atoms with Crippen LogP contribution in [-0.2, 0) is 4.74 Å². The lowest BCUT2D eigenvalue weighted by molar-refractivity contribution is -0.0942. The Hall–Kier alpha value is -0.120. The predicted octanol–water partition coefficient (Wildman–Crippen LogP) is -0.481. The van der Waals surface area contributed by atoms with Crippen molar-refractivity contribution in [3.05, 3.63) is 0 Å². The minimum absolute atomic E-state index is 0.0683. The van der Waals surface area contributed by atoms with E-state index in [4.69, 9.17) is 14.9 Å². The summed E-state index contributed by atoms with van der Waals surface area (Å²) in [5.41, 5.74) is 0. The lowest BCUT2D eigenvalue weighted by Gasteiger charge is -2.25. The molecule has 3 heteroatoms. The Balaban J connectivity index is 2.30. The zero-order chi connectivity index (χ0) is 6.69. The first-order valence-electron chi connectivity index (χ1n) is 3.25. The third kappa shape index (κ3) is 1.64. The second-order valence-electron chi connectivity index (χ2n) is 2.30. The molecule has 0 aromatic carbocycles. The van der Waals surface area contributed by atoms with Crippen LogP contribution in [0.4, 0.5) is 0 Å². The van der Waals surface area contributed by atoms with Gasteiger partial charge in [0, 0.05) is 6.61 Å². The normalized spacial score (nSPS) is 36.7. The van der Waals surface area contributed by atoms with Crippen LogP contribution in [0.3, 0.4) is 0 Å². The van der Waals surface area contributed by atoms with Gasteiger partial charge in [0.15, 0.2) is 0 Å². The van der Waals surface area contributed by atoms with Gasteiger partial charge >= 0.3 is 0 Å². The molecular weight excluding hydrogens is 120 g/mol. The number of aliphatic hydroxyl groups is 2. The molecule has 1 aliphatic heterocycles. The van der Waals surface area contributed by atoms with Crippen LogP contribution in [0.5, 0.6) is 0 Å². The van der Waals surface area contributed by atoms with Crippen LogP contribution in [-0.4, -0.2) is 35.6 Å². The average Bonchev–Trinajstić information content (AvgIpc) is 1.89. The van der Waals surface area contributed by atoms with Crippen molar-refractivity contribution in [3.63, 3.8) is 0 Å². The van der Waals surface area contributed by atoms with E-state index in [1.165, 1.54) is 0 Å². The summed E-state index contributed by atoms with van der Waals surface area (Å²) in [5.74, 6) is 0. The average molecular weight is 132 g/mol. The van der Waals surface area contributed by atoms with Crippen molar-refractivity contribution in [1.82, 2.24) is 0 Å². The van der Waals surface area contributed by atoms with Gasteiger partial charge in [-0.25, -0.2) is 0 Å². The van der Waals surface area contributed by atoms with E-state index in [-0.39, 0.29) is 12.7 Å². The molecule has 0 radical (unpaired) electrons. The number of hydrogen-bond acceptors (Lipinski definition) is 3. The van der Waals surface area contributed by atoms with Crippen molar-refractivity contribution in [2.24, 2.45) is 0 Å². The third-order valence-electron chi connectivity index (χ3n) is 1.59. The highest BCUT2D eigenvalue weighted by Gasteiger charge is 2.22. The lowest BCUT2D eigenvalue weighted by atomic mass is 10.1. The number of rotatable bonds is 1. The van der Waals surface area contributed by atoms with E-state index < -0.39 is 6.10 Å². The van der Waals surface area contributed by atoms with Gasteiger partial charge in [0.25, 0.3) is 0 Å². The quantitative estimate of drug-likeness (QED) is 0.506. The molecule has 0 saturated carbocycles. The van der Waals surface area contributed by atoms with Gasteiger partial charge in [-0.05, 0) is 12.8 Å². The van der Waals surface area contributed by atoms with Crippen LogP contribution >= 0.6 is 0 Å². The summed E-state index contributed by atoms with van der Waals surface area (Å²) < 4.78 is 5.04. The number of hydrogen-bond donors (Lipinski definition) is 2. The van der Waals surface area contributed by atoms with Crippen LogP contribution in [0.2, 0.25) is 0 Å². The fourth-order valence-electron chi connectivity index (χ4n) is 0.999. The van der Waals surface area contributed by atoms with E-state index in [1.54, 1.807) is 0 Å². The predicted molar refractivity (Wildman–Crippen MR) is 32.1 cm³/mol. The monoisotopic (exact) mass is 132 g/mol. The van der Waals surface area contributed by atoms with E-state index >= 15 is 0 Å². The zero-order valence-electron chi connectivity index (χ0n) is 5.29. The van der Waals surface area contributed by atoms with E-state index in [0.717, 1.165) is 12.8 Å². The molecule has 0 aromatic heterocycles. The van der Waals surface area contributed by atoms with Crippen molar-refractivity contribution in [2.75, 3.05) is 13.2 Å². The lowest BCUT2D eigenvalue weighted by Crippen LogP contribution is -2.36. The second kappa shape index (κ2) is 3.15. The fourth-order valence-corrected chi connectivity index (χ4v) is 0.999. The summed E-state index contributed by atoms with van der Waals surface area (Å²) >= 11 is 0. The molecule has 0 amide bonds. The van der Waals surface area contributed by atoms with Gasteiger partial charge in [0.1, 0.15) is 6.10 Å². The topological polar surface area (TPSA) is 49.7 Å². The Bertz CT molecular complexity index is 84.4. The molecule has 3 nitrogen and oxygen atoms in total. The summed E-state index contributed by atoms with van der Waals surface area (Å²) in [6.45, 7) is 0.601. The van der Waals surface area contributed by atoms with Gasteiger partial charge in [0.05, 0.1) is 12.7 Å². The molecule has 1 unspecified atom stereocenters. The van der Waals surface area contributed by atoms with Gasteiger partial charge in [-0.15, -0.1) is 0 Å². The minimum atomic E-state index is -0.455. The Morgan fingerprint density at radius 1 is 1.56 bits per heavy atom. The highest BCUT2D eigenvalue weighted by atomic mass is 16.5. The highest BCUT2D eigenvalue weighted by Crippen LogP contribution is 2.12. The van der Waals surface area contributed by atoms with E-state index in [0.29, 0.717) is 6.61 Å². The standard InChI is InChI=1S/C6H12O3/c7-4-6-5(8)2-1-3-9-6/h5-8H,1-4H2/t5?,6-/m0/s1. The summed E-state index contributed by atoms with van der Waals surface area (Å²) in [7, 11) is 0. The van der Waals surface area contributed by atoms with Crippen molar-refractivity contribution in [3.8, 4) is 0 Å². The Morgan fingerprint density at radius 3 is 2.78 bits per heavy atom. The van der Waals surface area contributed by atoms with Crippen LogP contribution in [0.25, 0.3) is 0 Å². The fraction of sp³-hybridized carbons (Fsp3) is 1.00. The molecule has 2 N–H and O–H groups in total. The summed E-state index contributed by atoms with van der Waals surface area (Å²) in [5, 5.41) is 17.7. The SMILES string of the molecule is OC[C@@H]1OCCCC1O. The van der Waals surface area contributed by atoms with Crippen molar-refractivity contribution < 1.29 is 14.9 Å². The Kier molecular flexibility index (Phi) is 2.45.